The van der Waals surface area contributed by atoms with Crippen LogP contribution in [0.5, 0.6) is 0 Å². The summed E-state index contributed by atoms with van der Waals surface area (Å²) in [7, 11) is 1.71. The minimum absolute atomic E-state index is 0.607. The SMILES string of the molecule is CCNC(=NCC(C)CN1CCCC1)NCCOC. The smallest absolute Gasteiger partial charge is 0.191 e. The van der Waals surface area contributed by atoms with Gasteiger partial charge < -0.3 is 20.3 Å². The van der Waals surface area contributed by atoms with Crippen LogP contribution in [0.2, 0.25) is 0 Å². The van der Waals surface area contributed by atoms with E-state index >= 15 is 0 Å². The van der Waals surface area contributed by atoms with Gasteiger partial charge in [0.25, 0.3) is 0 Å². The molecule has 1 rings (SSSR count). The Labute approximate surface area is 117 Å². The molecule has 1 aliphatic rings. The molecule has 0 bridgehead atoms. The third kappa shape index (κ3) is 7.38. The first-order valence-corrected chi connectivity index (χ1v) is 7.49. The van der Waals surface area contributed by atoms with Gasteiger partial charge in [-0.3, -0.25) is 4.99 Å². The number of hydrogen-bond donors (Lipinski definition) is 2. The highest BCUT2D eigenvalue weighted by Crippen LogP contribution is 2.10. The molecule has 1 heterocycles. The maximum Gasteiger partial charge on any atom is 0.191 e. The normalized spacial score (nSPS) is 18.6. The van der Waals surface area contributed by atoms with Gasteiger partial charge in [-0.1, -0.05) is 6.92 Å². The average molecular weight is 270 g/mol. The predicted molar refractivity (Wildman–Crippen MR) is 80.7 cm³/mol. The van der Waals surface area contributed by atoms with Crippen LogP contribution in [0, 0.1) is 5.92 Å². The molecule has 0 radical (unpaired) electrons. The van der Waals surface area contributed by atoms with Gasteiger partial charge in [-0.2, -0.15) is 0 Å². The third-order valence-electron chi connectivity index (χ3n) is 3.27. The molecule has 5 nitrogen and oxygen atoms in total. The summed E-state index contributed by atoms with van der Waals surface area (Å²) < 4.78 is 5.03. The summed E-state index contributed by atoms with van der Waals surface area (Å²) in [5, 5.41) is 6.53. The first-order valence-electron chi connectivity index (χ1n) is 7.49. The summed E-state index contributed by atoms with van der Waals surface area (Å²) >= 11 is 0. The van der Waals surface area contributed by atoms with Crippen molar-refractivity contribution in [2.45, 2.75) is 26.7 Å². The Morgan fingerprint density at radius 1 is 1.32 bits per heavy atom. The van der Waals surface area contributed by atoms with Crippen molar-refractivity contribution in [3.05, 3.63) is 0 Å². The van der Waals surface area contributed by atoms with Crippen molar-refractivity contribution in [2.24, 2.45) is 10.9 Å². The second kappa shape index (κ2) is 10.0. The van der Waals surface area contributed by atoms with E-state index in [0.29, 0.717) is 12.5 Å². The zero-order valence-electron chi connectivity index (χ0n) is 12.7. The molecule has 0 aromatic heterocycles. The fourth-order valence-electron chi connectivity index (χ4n) is 2.32. The number of nitrogens with one attached hydrogen (secondary N) is 2. The number of methoxy groups -OCH3 is 1. The first-order chi connectivity index (χ1) is 9.26. The van der Waals surface area contributed by atoms with Gasteiger partial charge in [0.15, 0.2) is 5.96 Å². The topological polar surface area (TPSA) is 48.9 Å². The molecule has 19 heavy (non-hydrogen) atoms. The fourth-order valence-corrected chi connectivity index (χ4v) is 2.32. The Balaban J connectivity index is 2.26. The van der Waals surface area contributed by atoms with Crippen molar-refractivity contribution in [1.29, 1.82) is 0 Å². The van der Waals surface area contributed by atoms with Crippen molar-refractivity contribution >= 4 is 5.96 Å². The van der Waals surface area contributed by atoms with Gasteiger partial charge in [0, 0.05) is 33.3 Å². The summed E-state index contributed by atoms with van der Waals surface area (Å²) in [4.78, 5) is 7.19. The number of guanidine groups is 1. The summed E-state index contributed by atoms with van der Waals surface area (Å²) in [6.45, 7) is 11.3. The lowest BCUT2D eigenvalue weighted by Gasteiger charge is -2.19. The number of ether oxygens (including phenoxy) is 1. The molecule has 1 saturated heterocycles. The van der Waals surface area contributed by atoms with Crippen molar-refractivity contribution in [3.63, 3.8) is 0 Å². The Hall–Kier alpha value is -0.810. The van der Waals surface area contributed by atoms with E-state index in [0.717, 1.165) is 25.6 Å². The van der Waals surface area contributed by atoms with Crippen LogP contribution in [0.3, 0.4) is 0 Å². The lowest BCUT2D eigenvalue weighted by Crippen LogP contribution is -2.39. The molecule has 0 spiro atoms. The number of nitrogens with zero attached hydrogens (tertiary/aromatic N) is 2. The maximum atomic E-state index is 5.03. The van der Waals surface area contributed by atoms with Gasteiger partial charge in [0.05, 0.1) is 6.61 Å². The molecule has 5 heteroatoms. The van der Waals surface area contributed by atoms with E-state index in [1.165, 1.54) is 32.5 Å². The molecule has 1 unspecified atom stereocenters. The minimum Gasteiger partial charge on any atom is -0.383 e. The number of aliphatic imine (C=N–C) groups is 1. The van der Waals surface area contributed by atoms with E-state index in [1.807, 2.05) is 0 Å². The molecule has 1 atom stereocenters. The predicted octanol–water partition coefficient (Wildman–Crippen LogP) is 0.920. The second-order valence-corrected chi connectivity index (χ2v) is 5.25. The van der Waals surface area contributed by atoms with E-state index in [4.69, 9.17) is 4.74 Å². The molecular weight excluding hydrogens is 240 g/mol. The molecule has 112 valence electrons. The number of likely N-dealkylation sites (tertiary alicyclic amines) is 1. The molecule has 1 aliphatic heterocycles. The van der Waals surface area contributed by atoms with Gasteiger partial charge in [-0.05, 0) is 38.8 Å². The standard InChI is InChI=1S/C14H30N4O/c1-4-15-14(16-7-10-19-3)17-11-13(2)12-18-8-5-6-9-18/h13H,4-12H2,1-3H3,(H2,15,16,17). The largest absolute Gasteiger partial charge is 0.383 e. The molecule has 0 amide bonds. The summed E-state index contributed by atoms with van der Waals surface area (Å²) in [6.07, 6.45) is 2.72. The van der Waals surface area contributed by atoms with Crippen LogP contribution in [0.15, 0.2) is 4.99 Å². The Morgan fingerprint density at radius 3 is 2.68 bits per heavy atom. The van der Waals surface area contributed by atoms with Gasteiger partial charge >= 0.3 is 0 Å². The van der Waals surface area contributed by atoms with Crippen LogP contribution in [0.1, 0.15) is 26.7 Å². The summed E-state index contributed by atoms with van der Waals surface area (Å²) in [5.74, 6) is 1.50. The van der Waals surface area contributed by atoms with Crippen LogP contribution >= 0.6 is 0 Å². The highest BCUT2D eigenvalue weighted by Gasteiger charge is 2.14. The first kappa shape index (κ1) is 16.2. The van der Waals surface area contributed by atoms with Crippen LogP contribution in [0.25, 0.3) is 0 Å². The van der Waals surface area contributed by atoms with Crippen LogP contribution in [0.4, 0.5) is 0 Å². The quantitative estimate of drug-likeness (QED) is 0.391. The van der Waals surface area contributed by atoms with Gasteiger partial charge in [0.2, 0.25) is 0 Å². The molecule has 0 aromatic carbocycles. The highest BCUT2D eigenvalue weighted by molar-refractivity contribution is 5.79. The zero-order chi connectivity index (χ0) is 13.9. The molecular formula is C14H30N4O. The minimum atomic E-state index is 0.607. The Morgan fingerprint density at radius 2 is 2.05 bits per heavy atom. The van der Waals surface area contributed by atoms with Crippen molar-refractivity contribution in [3.8, 4) is 0 Å². The monoisotopic (exact) mass is 270 g/mol. The van der Waals surface area contributed by atoms with Crippen LogP contribution in [-0.2, 0) is 4.74 Å². The van der Waals surface area contributed by atoms with E-state index in [9.17, 15) is 0 Å². The van der Waals surface area contributed by atoms with Crippen molar-refractivity contribution in [2.75, 3.05) is 53.0 Å². The number of hydrogen-bond acceptors (Lipinski definition) is 3. The summed E-state index contributed by atoms with van der Waals surface area (Å²) in [6, 6.07) is 0. The average Bonchev–Trinajstić information content (AvgIpc) is 2.89. The van der Waals surface area contributed by atoms with Crippen molar-refractivity contribution in [1.82, 2.24) is 15.5 Å². The van der Waals surface area contributed by atoms with E-state index < -0.39 is 0 Å². The molecule has 1 fully saturated rings. The lowest BCUT2D eigenvalue weighted by atomic mass is 10.2. The fraction of sp³-hybridized carbons (Fsp3) is 0.929. The lowest BCUT2D eigenvalue weighted by molar-refractivity contribution is 0.203. The summed E-state index contributed by atoms with van der Waals surface area (Å²) in [5.41, 5.74) is 0. The van der Waals surface area contributed by atoms with E-state index in [-0.39, 0.29) is 0 Å². The number of rotatable bonds is 8. The second-order valence-electron chi connectivity index (χ2n) is 5.25. The van der Waals surface area contributed by atoms with Crippen molar-refractivity contribution < 1.29 is 4.74 Å². The van der Waals surface area contributed by atoms with Crippen LogP contribution < -0.4 is 10.6 Å². The Kier molecular flexibility index (Phi) is 8.58. The molecule has 0 aromatic rings. The zero-order valence-corrected chi connectivity index (χ0v) is 12.7. The molecule has 2 N–H and O–H groups in total. The third-order valence-corrected chi connectivity index (χ3v) is 3.27. The van der Waals surface area contributed by atoms with Gasteiger partial charge in [0.1, 0.15) is 0 Å². The van der Waals surface area contributed by atoms with E-state index in [2.05, 4.69) is 34.4 Å². The Bertz CT molecular complexity index is 252. The highest BCUT2D eigenvalue weighted by atomic mass is 16.5. The van der Waals surface area contributed by atoms with E-state index in [1.54, 1.807) is 7.11 Å². The van der Waals surface area contributed by atoms with Gasteiger partial charge in [-0.15, -0.1) is 0 Å². The molecule has 0 aliphatic carbocycles. The maximum absolute atomic E-state index is 5.03. The van der Waals surface area contributed by atoms with Gasteiger partial charge in [-0.25, -0.2) is 0 Å². The molecule has 0 saturated carbocycles. The van der Waals surface area contributed by atoms with Crippen LogP contribution in [-0.4, -0.2) is 63.8 Å².